The molecule has 2 aliphatic heterocycles. The van der Waals surface area contributed by atoms with Crippen molar-refractivity contribution < 1.29 is 14.6 Å². The highest BCUT2D eigenvalue weighted by atomic mass is 16.2. The molecule has 0 aliphatic carbocycles. The number of likely N-dealkylation sites (tertiary alicyclic amines) is 1. The molecule has 3 N–H and O–H groups in total. The zero-order valence-corrected chi connectivity index (χ0v) is 17.5. The Morgan fingerprint density at radius 2 is 1.62 bits per heavy atom. The fraction of sp³-hybridized carbons (Fsp3) is 0.458. The number of carbonyl (C=O) groups excluding carboxylic acids is 1. The molecular formula is C24H34N4O+2. The average molecular weight is 395 g/mol. The van der Waals surface area contributed by atoms with Crippen LogP contribution in [0.4, 0.5) is 11.4 Å². The van der Waals surface area contributed by atoms with Gasteiger partial charge in [-0.15, -0.1) is 0 Å². The SMILES string of the molecule is Cc1ccccc1N1CC[NH+](CC(=O)Nc2ccc(C[NH+]3CCCC3)cc2)CC1. The lowest BCUT2D eigenvalue weighted by Crippen LogP contribution is -3.15. The zero-order chi connectivity index (χ0) is 20.1. The van der Waals surface area contributed by atoms with Gasteiger partial charge in [-0.25, -0.2) is 0 Å². The Kier molecular flexibility index (Phi) is 6.47. The summed E-state index contributed by atoms with van der Waals surface area (Å²) < 4.78 is 0. The Bertz CT molecular complexity index is 806. The molecule has 5 heteroatoms. The molecule has 1 amide bonds. The molecule has 0 aromatic heterocycles. The highest BCUT2D eigenvalue weighted by molar-refractivity contribution is 5.91. The van der Waals surface area contributed by atoms with Crippen molar-refractivity contribution in [3.63, 3.8) is 0 Å². The lowest BCUT2D eigenvalue weighted by Gasteiger charge is -2.34. The molecule has 0 saturated carbocycles. The smallest absolute Gasteiger partial charge is 0.279 e. The van der Waals surface area contributed by atoms with E-state index < -0.39 is 0 Å². The third kappa shape index (κ3) is 5.37. The molecule has 0 radical (unpaired) electrons. The summed E-state index contributed by atoms with van der Waals surface area (Å²) in [5.74, 6) is 0.113. The maximum atomic E-state index is 12.5. The van der Waals surface area contributed by atoms with Crippen LogP contribution in [0.2, 0.25) is 0 Å². The van der Waals surface area contributed by atoms with Crippen molar-refractivity contribution in [3.8, 4) is 0 Å². The molecule has 4 rings (SSSR count). The highest BCUT2D eigenvalue weighted by Crippen LogP contribution is 2.18. The van der Waals surface area contributed by atoms with E-state index in [2.05, 4.69) is 53.5 Å². The zero-order valence-electron chi connectivity index (χ0n) is 17.5. The minimum Gasteiger partial charge on any atom is -0.360 e. The van der Waals surface area contributed by atoms with Gasteiger partial charge in [0.1, 0.15) is 6.54 Å². The number of amides is 1. The number of para-hydroxylation sites is 1. The van der Waals surface area contributed by atoms with Gasteiger partial charge in [-0.2, -0.15) is 0 Å². The number of aryl methyl sites for hydroxylation is 1. The van der Waals surface area contributed by atoms with Gasteiger partial charge in [-0.1, -0.05) is 30.3 Å². The van der Waals surface area contributed by atoms with Gasteiger partial charge in [0, 0.05) is 29.8 Å². The number of hydrogen-bond donors (Lipinski definition) is 3. The van der Waals surface area contributed by atoms with E-state index in [0.717, 1.165) is 38.4 Å². The lowest BCUT2D eigenvalue weighted by atomic mass is 10.1. The Labute approximate surface area is 174 Å². The van der Waals surface area contributed by atoms with Crippen LogP contribution in [-0.2, 0) is 11.3 Å². The number of quaternary nitrogens is 2. The second kappa shape index (κ2) is 9.42. The first-order chi connectivity index (χ1) is 14.2. The summed E-state index contributed by atoms with van der Waals surface area (Å²) in [7, 11) is 0. The van der Waals surface area contributed by atoms with Crippen molar-refractivity contribution in [1.29, 1.82) is 0 Å². The normalized spacial score (nSPS) is 18.2. The van der Waals surface area contributed by atoms with Crippen LogP contribution in [0.15, 0.2) is 48.5 Å². The van der Waals surface area contributed by atoms with E-state index in [9.17, 15) is 4.79 Å². The van der Waals surface area contributed by atoms with Gasteiger partial charge in [0.25, 0.3) is 5.91 Å². The monoisotopic (exact) mass is 394 g/mol. The molecule has 29 heavy (non-hydrogen) atoms. The highest BCUT2D eigenvalue weighted by Gasteiger charge is 2.23. The predicted molar refractivity (Wildman–Crippen MR) is 118 cm³/mol. The summed E-state index contributed by atoms with van der Waals surface area (Å²) in [6.45, 7) is 10.4. The van der Waals surface area contributed by atoms with Gasteiger partial charge in [0.2, 0.25) is 0 Å². The summed E-state index contributed by atoms with van der Waals surface area (Å²) >= 11 is 0. The Hall–Kier alpha value is -2.37. The lowest BCUT2D eigenvalue weighted by molar-refractivity contribution is -0.901. The van der Waals surface area contributed by atoms with Gasteiger partial charge >= 0.3 is 0 Å². The van der Waals surface area contributed by atoms with E-state index in [4.69, 9.17) is 0 Å². The topological polar surface area (TPSA) is 41.2 Å². The first-order valence-corrected chi connectivity index (χ1v) is 11.0. The van der Waals surface area contributed by atoms with Gasteiger partial charge in [-0.3, -0.25) is 4.79 Å². The molecule has 5 nitrogen and oxygen atoms in total. The molecule has 2 aromatic carbocycles. The van der Waals surface area contributed by atoms with E-state index in [1.165, 1.54) is 47.6 Å². The standard InChI is InChI=1S/C24H32N4O/c1-20-6-2-3-7-23(20)28-16-14-27(15-17-28)19-24(29)25-22-10-8-21(9-11-22)18-26-12-4-5-13-26/h2-3,6-11H,4-5,12-19H2,1H3,(H,25,29)/p+2. The number of piperazine rings is 1. The number of hydrogen-bond acceptors (Lipinski definition) is 2. The van der Waals surface area contributed by atoms with Crippen molar-refractivity contribution in [3.05, 3.63) is 59.7 Å². The number of nitrogens with one attached hydrogen (secondary N) is 3. The third-order valence-corrected chi connectivity index (χ3v) is 6.34. The Balaban J connectivity index is 1.22. The van der Waals surface area contributed by atoms with Gasteiger partial charge < -0.3 is 20.0 Å². The molecule has 0 unspecified atom stereocenters. The van der Waals surface area contributed by atoms with Crippen LogP contribution < -0.4 is 20.0 Å². The van der Waals surface area contributed by atoms with Crippen LogP contribution in [0, 0.1) is 6.92 Å². The maximum absolute atomic E-state index is 12.5. The fourth-order valence-electron chi connectivity index (χ4n) is 4.64. The van der Waals surface area contributed by atoms with Crippen molar-refractivity contribution in [2.24, 2.45) is 0 Å². The molecule has 2 saturated heterocycles. The minimum atomic E-state index is 0.113. The van der Waals surface area contributed by atoms with E-state index in [-0.39, 0.29) is 5.91 Å². The van der Waals surface area contributed by atoms with Crippen molar-refractivity contribution >= 4 is 17.3 Å². The molecule has 2 heterocycles. The van der Waals surface area contributed by atoms with Crippen molar-refractivity contribution in [2.75, 3.05) is 56.0 Å². The molecule has 0 bridgehead atoms. The molecule has 0 spiro atoms. The molecule has 2 aromatic rings. The summed E-state index contributed by atoms with van der Waals surface area (Å²) in [6, 6.07) is 17.0. The molecule has 0 atom stereocenters. The van der Waals surface area contributed by atoms with Crippen LogP contribution in [0.1, 0.15) is 24.0 Å². The number of anilines is 2. The van der Waals surface area contributed by atoms with Crippen molar-refractivity contribution in [1.82, 2.24) is 0 Å². The second-order valence-electron chi connectivity index (χ2n) is 8.58. The number of rotatable bonds is 6. The average Bonchev–Trinajstić information content (AvgIpc) is 3.24. The van der Waals surface area contributed by atoms with Crippen LogP contribution in [-0.4, -0.2) is 51.7 Å². The first kappa shape index (κ1) is 19.9. The number of benzene rings is 2. The van der Waals surface area contributed by atoms with E-state index in [1.54, 1.807) is 4.90 Å². The molecule has 2 aliphatic rings. The van der Waals surface area contributed by atoms with E-state index in [0.29, 0.717) is 6.54 Å². The summed E-state index contributed by atoms with van der Waals surface area (Å²) in [5, 5.41) is 3.08. The van der Waals surface area contributed by atoms with Crippen LogP contribution in [0.25, 0.3) is 0 Å². The van der Waals surface area contributed by atoms with Crippen LogP contribution in [0.5, 0.6) is 0 Å². The van der Waals surface area contributed by atoms with E-state index in [1.807, 2.05) is 12.1 Å². The number of nitrogens with zero attached hydrogens (tertiary/aromatic N) is 1. The van der Waals surface area contributed by atoms with Crippen LogP contribution >= 0.6 is 0 Å². The quantitative estimate of drug-likeness (QED) is 0.669. The predicted octanol–water partition coefficient (Wildman–Crippen LogP) is 0.517. The molecular weight excluding hydrogens is 360 g/mol. The molecule has 154 valence electrons. The molecule has 2 fully saturated rings. The second-order valence-corrected chi connectivity index (χ2v) is 8.58. The van der Waals surface area contributed by atoms with Gasteiger partial charge in [0.05, 0.1) is 39.3 Å². The summed E-state index contributed by atoms with van der Waals surface area (Å²) in [5.41, 5.74) is 4.92. The van der Waals surface area contributed by atoms with Gasteiger partial charge in [-0.05, 0) is 30.7 Å². The van der Waals surface area contributed by atoms with Crippen LogP contribution in [0.3, 0.4) is 0 Å². The Morgan fingerprint density at radius 1 is 0.931 bits per heavy atom. The summed E-state index contributed by atoms with van der Waals surface area (Å²) in [6.07, 6.45) is 2.70. The third-order valence-electron chi connectivity index (χ3n) is 6.34. The number of carbonyl (C=O) groups is 1. The first-order valence-electron chi connectivity index (χ1n) is 11.0. The Morgan fingerprint density at radius 3 is 2.31 bits per heavy atom. The van der Waals surface area contributed by atoms with Gasteiger partial charge in [0.15, 0.2) is 6.54 Å². The van der Waals surface area contributed by atoms with E-state index >= 15 is 0 Å². The maximum Gasteiger partial charge on any atom is 0.279 e. The summed E-state index contributed by atoms with van der Waals surface area (Å²) in [4.78, 5) is 18.0. The van der Waals surface area contributed by atoms with Crippen molar-refractivity contribution in [2.45, 2.75) is 26.3 Å². The minimum absolute atomic E-state index is 0.113. The largest absolute Gasteiger partial charge is 0.360 e. The fourth-order valence-corrected chi connectivity index (χ4v) is 4.64.